The largest absolute Gasteiger partial charge is 0.445 e. The van der Waals surface area contributed by atoms with Crippen LogP contribution in [0.4, 0.5) is 15.0 Å². The molecule has 1 aromatic heterocycles. The average molecular weight is 315 g/mol. The molecule has 0 radical (unpaired) electrons. The molecule has 0 atom stereocenters. The van der Waals surface area contributed by atoms with E-state index in [2.05, 4.69) is 15.6 Å². The van der Waals surface area contributed by atoms with Gasteiger partial charge in [0.2, 0.25) is 5.95 Å². The third-order valence-electron chi connectivity index (χ3n) is 3.74. The lowest BCUT2D eigenvalue weighted by atomic mass is 9.87. The molecule has 1 saturated carbocycles. The van der Waals surface area contributed by atoms with Gasteiger partial charge in [-0.15, -0.1) is 0 Å². The third-order valence-corrected chi connectivity index (χ3v) is 3.74. The number of ether oxygens (including phenoxy) is 1. The fourth-order valence-electron chi connectivity index (χ4n) is 2.48. The summed E-state index contributed by atoms with van der Waals surface area (Å²) in [7, 11) is 0. The van der Waals surface area contributed by atoms with E-state index in [9.17, 15) is 9.18 Å². The van der Waals surface area contributed by atoms with Crippen LogP contribution in [0.15, 0.2) is 48.5 Å². The lowest BCUT2D eigenvalue weighted by molar-refractivity contribution is 0.129. The number of aromatic nitrogens is 1. The molecule has 1 aromatic carbocycles. The van der Waals surface area contributed by atoms with E-state index >= 15 is 0 Å². The van der Waals surface area contributed by atoms with Gasteiger partial charge in [-0.3, -0.25) is 0 Å². The second-order valence-corrected chi connectivity index (χ2v) is 5.56. The first-order chi connectivity index (χ1) is 11.2. The zero-order chi connectivity index (χ0) is 16.1. The highest BCUT2D eigenvalue weighted by atomic mass is 19.1. The van der Waals surface area contributed by atoms with Crippen molar-refractivity contribution >= 4 is 11.9 Å². The summed E-state index contributed by atoms with van der Waals surface area (Å²) in [5, 5.41) is 5.96. The number of nitrogens with one attached hydrogen (secondary N) is 2. The molecule has 1 aliphatic rings. The number of halogens is 1. The number of alkyl carbamates (subject to hydrolysis) is 1. The van der Waals surface area contributed by atoms with Crippen molar-refractivity contribution in [2.45, 2.75) is 31.5 Å². The van der Waals surface area contributed by atoms with E-state index in [1.54, 1.807) is 12.1 Å². The molecular weight excluding hydrogens is 297 g/mol. The van der Waals surface area contributed by atoms with Gasteiger partial charge in [0, 0.05) is 12.1 Å². The van der Waals surface area contributed by atoms with Gasteiger partial charge in [0.1, 0.15) is 12.4 Å². The van der Waals surface area contributed by atoms with Crippen molar-refractivity contribution < 1.29 is 13.9 Å². The number of rotatable bonds is 5. The normalized spacial score (nSPS) is 19.5. The van der Waals surface area contributed by atoms with E-state index in [4.69, 9.17) is 4.74 Å². The van der Waals surface area contributed by atoms with Gasteiger partial charge < -0.3 is 15.4 Å². The molecule has 23 heavy (non-hydrogen) atoms. The fraction of sp³-hybridized carbons (Fsp3) is 0.294. The van der Waals surface area contributed by atoms with Gasteiger partial charge in [0.25, 0.3) is 0 Å². The first-order valence-electron chi connectivity index (χ1n) is 7.55. The molecule has 0 spiro atoms. The van der Waals surface area contributed by atoms with Crippen molar-refractivity contribution in [1.82, 2.24) is 10.3 Å². The van der Waals surface area contributed by atoms with Crippen molar-refractivity contribution in [3.8, 4) is 0 Å². The summed E-state index contributed by atoms with van der Waals surface area (Å²) in [6, 6.07) is 14.4. The Hall–Kier alpha value is -2.63. The maximum absolute atomic E-state index is 13.0. The number of pyridine rings is 1. The van der Waals surface area contributed by atoms with Crippen molar-refractivity contribution in [3.05, 3.63) is 60.0 Å². The molecule has 1 amide bonds. The number of hydrogen-bond donors (Lipinski definition) is 2. The van der Waals surface area contributed by atoms with Crippen LogP contribution in [-0.2, 0) is 11.3 Å². The lowest BCUT2D eigenvalue weighted by Gasteiger charge is -2.36. The number of amides is 1. The molecular formula is C17H18FN3O2. The van der Waals surface area contributed by atoms with Crippen LogP contribution in [0.5, 0.6) is 0 Å². The Morgan fingerprint density at radius 1 is 1.13 bits per heavy atom. The number of hydrogen-bond acceptors (Lipinski definition) is 4. The summed E-state index contributed by atoms with van der Waals surface area (Å²) in [6.07, 6.45) is 1.11. The van der Waals surface area contributed by atoms with Gasteiger partial charge in [-0.05, 0) is 30.5 Å². The highest BCUT2D eigenvalue weighted by molar-refractivity contribution is 5.67. The molecule has 0 bridgehead atoms. The highest BCUT2D eigenvalue weighted by Crippen LogP contribution is 2.23. The Labute approximate surface area is 133 Å². The van der Waals surface area contributed by atoms with Crippen LogP contribution in [0.3, 0.4) is 0 Å². The minimum Gasteiger partial charge on any atom is -0.445 e. The van der Waals surface area contributed by atoms with Crippen LogP contribution in [-0.4, -0.2) is 23.2 Å². The van der Waals surface area contributed by atoms with E-state index in [0.29, 0.717) is 5.82 Å². The van der Waals surface area contributed by atoms with E-state index in [1.807, 2.05) is 30.3 Å². The Bertz CT molecular complexity index is 660. The summed E-state index contributed by atoms with van der Waals surface area (Å²) in [5.41, 5.74) is 0.952. The Balaban J connectivity index is 1.36. The topological polar surface area (TPSA) is 63.2 Å². The first-order valence-corrected chi connectivity index (χ1v) is 7.55. The van der Waals surface area contributed by atoms with Crippen molar-refractivity contribution in [1.29, 1.82) is 0 Å². The van der Waals surface area contributed by atoms with E-state index in [0.717, 1.165) is 18.4 Å². The molecule has 0 aliphatic heterocycles. The molecule has 5 nitrogen and oxygen atoms in total. The minimum atomic E-state index is -0.506. The van der Waals surface area contributed by atoms with Gasteiger partial charge in [-0.25, -0.2) is 9.78 Å². The first kappa shape index (κ1) is 15.3. The van der Waals surface area contributed by atoms with Gasteiger partial charge >= 0.3 is 6.09 Å². The second-order valence-electron chi connectivity index (χ2n) is 5.56. The summed E-state index contributed by atoms with van der Waals surface area (Å²) in [4.78, 5) is 15.5. The number of carbonyl (C=O) groups excluding carboxylic acids is 1. The number of benzene rings is 1. The molecule has 3 rings (SSSR count). The van der Waals surface area contributed by atoms with E-state index < -0.39 is 12.0 Å². The van der Waals surface area contributed by atoms with Gasteiger partial charge in [0.05, 0.1) is 0 Å². The monoisotopic (exact) mass is 315 g/mol. The fourth-order valence-corrected chi connectivity index (χ4v) is 2.48. The van der Waals surface area contributed by atoms with Crippen LogP contribution in [0.25, 0.3) is 0 Å². The van der Waals surface area contributed by atoms with E-state index in [-0.39, 0.29) is 18.7 Å². The van der Waals surface area contributed by atoms with Crippen LogP contribution < -0.4 is 10.6 Å². The number of anilines is 1. The molecule has 0 saturated heterocycles. The Morgan fingerprint density at radius 3 is 2.65 bits per heavy atom. The smallest absolute Gasteiger partial charge is 0.407 e. The quantitative estimate of drug-likeness (QED) is 0.832. The van der Waals surface area contributed by atoms with E-state index in [1.165, 1.54) is 6.07 Å². The molecule has 2 N–H and O–H groups in total. The SMILES string of the molecule is O=C(NC1CC(Nc2cccc(F)n2)C1)OCc1ccccc1. The predicted molar refractivity (Wildman–Crippen MR) is 84.4 cm³/mol. The van der Waals surface area contributed by atoms with Crippen LogP contribution in [0.2, 0.25) is 0 Å². The number of nitrogens with zero attached hydrogens (tertiary/aromatic N) is 1. The average Bonchev–Trinajstić information content (AvgIpc) is 2.52. The lowest BCUT2D eigenvalue weighted by Crippen LogP contribution is -2.49. The Kier molecular flexibility index (Phi) is 4.71. The van der Waals surface area contributed by atoms with Crippen molar-refractivity contribution in [3.63, 3.8) is 0 Å². The molecule has 0 unspecified atom stereocenters. The van der Waals surface area contributed by atoms with Crippen LogP contribution in [0.1, 0.15) is 18.4 Å². The second kappa shape index (κ2) is 7.09. The molecule has 1 fully saturated rings. The molecule has 1 heterocycles. The van der Waals surface area contributed by atoms with Crippen molar-refractivity contribution in [2.75, 3.05) is 5.32 Å². The Morgan fingerprint density at radius 2 is 1.91 bits per heavy atom. The zero-order valence-electron chi connectivity index (χ0n) is 12.5. The summed E-state index contributed by atoms with van der Waals surface area (Å²) in [6.45, 7) is 0.258. The minimum absolute atomic E-state index is 0.0735. The molecule has 2 aromatic rings. The summed E-state index contributed by atoms with van der Waals surface area (Å²) < 4.78 is 18.2. The van der Waals surface area contributed by atoms with Crippen LogP contribution >= 0.6 is 0 Å². The van der Waals surface area contributed by atoms with Crippen molar-refractivity contribution in [2.24, 2.45) is 0 Å². The van der Waals surface area contributed by atoms with Gasteiger partial charge in [-0.2, -0.15) is 4.39 Å². The number of carbonyl (C=O) groups is 1. The highest BCUT2D eigenvalue weighted by Gasteiger charge is 2.30. The van der Waals surface area contributed by atoms with Crippen LogP contribution in [0, 0.1) is 5.95 Å². The summed E-state index contributed by atoms with van der Waals surface area (Å²) in [5.74, 6) is 0.00796. The van der Waals surface area contributed by atoms with Gasteiger partial charge in [0.15, 0.2) is 0 Å². The maximum atomic E-state index is 13.0. The predicted octanol–water partition coefficient (Wildman–Crippen LogP) is 3.09. The molecule has 1 aliphatic carbocycles. The standard InChI is InChI=1S/C17H18FN3O2/c18-15-7-4-8-16(21-15)19-13-9-14(10-13)20-17(22)23-11-12-5-2-1-3-6-12/h1-8,13-14H,9-11H2,(H,19,21)(H,20,22). The zero-order valence-corrected chi connectivity index (χ0v) is 12.5. The third kappa shape index (κ3) is 4.42. The van der Waals surface area contributed by atoms with Gasteiger partial charge in [-0.1, -0.05) is 36.4 Å². The molecule has 120 valence electrons. The molecule has 6 heteroatoms. The maximum Gasteiger partial charge on any atom is 0.407 e. The summed E-state index contributed by atoms with van der Waals surface area (Å²) >= 11 is 0.